The molecule has 1 aliphatic heterocycles. The highest BCUT2D eigenvalue weighted by atomic mass is 14.9. The molecule has 1 heteroatoms. The molecule has 0 spiro atoms. The maximum atomic E-state index is 4.47. The second-order valence-electron chi connectivity index (χ2n) is 4.43. The first kappa shape index (κ1) is 8.55. The lowest BCUT2D eigenvalue weighted by Gasteiger charge is -2.20. The predicted molar refractivity (Wildman–Crippen MR) is 51.2 cm³/mol. The predicted octanol–water partition coefficient (Wildman–Crippen LogP) is 2.58. The van der Waals surface area contributed by atoms with E-state index in [0.717, 1.165) is 18.4 Å². The molecule has 0 aromatic carbocycles. The van der Waals surface area contributed by atoms with Crippen molar-refractivity contribution >= 4 is 0 Å². The topological polar surface area (TPSA) is 14.1 Å². The van der Waals surface area contributed by atoms with E-state index in [2.05, 4.69) is 5.32 Å². The fraction of sp³-hybridized carbons (Fsp3) is 1.00. The molecule has 1 aliphatic carbocycles. The van der Waals surface area contributed by atoms with Crippen LogP contribution in [0.1, 0.15) is 44.9 Å². The maximum Gasteiger partial charge on any atom is 0.0164 e. The Hall–Kier alpha value is -0.0400. The molecule has 1 heterocycles. The molecule has 1 saturated carbocycles. The Kier molecular flexibility index (Phi) is 3.04. The van der Waals surface area contributed by atoms with Gasteiger partial charge in [0, 0.05) is 13.1 Å². The van der Waals surface area contributed by atoms with E-state index < -0.39 is 0 Å². The summed E-state index contributed by atoms with van der Waals surface area (Å²) in [5.41, 5.74) is 0. The molecule has 0 aromatic rings. The zero-order chi connectivity index (χ0) is 8.23. The van der Waals surface area contributed by atoms with Gasteiger partial charge in [-0.3, -0.25) is 0 Å². The Morgan fingerprint density at radius 2 is 1.50 bits per heavy atom. The first-order valence-corrected chi connectivity index (χ1v) is 5.60. The minimum absolute atomic E-state index is 0.975. The number of rotatable bonds is 1. The SMILES string of the molecule is C1CCCC(C2CC[N]C2)CC1. The number of nitrogens with zero attached hydrogens (tertiary/aromatic N) is 1. The lowest BCUT2D eigenvalue weighted by atomic mass is 9.86. The molecule has 1 radical (unpaired) electrons. The lowest BCUT2D eigenvalue weighted by molar-refractivity contribution is 0.319. The summed E-state index contributed by atoms with van der Waals surface area (Å²) in [5, 5.41) is 4.47. The standard InChI is InChI=1S/C11H20N/c1-2-4-6-10(5-3-1)11-7-8-12-9-11/h10-11H,1-9H2. The smallest absolute Gasteiger partial charge is 0.0164 e. The minimum atomic E-state index is 0.975. The molecular formula is C11H20N. The molecule has 1 atom stereocenters. The molecule has 1 unspecified atom stereocenters. The van der Waals surface area contributed by atoms with E-state index in [1.165, 1.54) is 51.5 Å². The van der Waals surface area contributed by atoms with Gasteiger partial charge in [0.25, 0.3) is 0 Å². The monoisotopic (exact) mass is 166 g/mol. The van der Waals surface area contributed by atoms with Gasteiger partial charge in [-0.15, -0.1) is 0 Å². The van der Waals surface area contributed by atoms with Crippen molar-refractivity contribution in [1.82, 2.24) is 5.32 Å². The lowest BCUT2D eigenvalue weighted by Crippen LogP contribution is -2.15. The van der Waals surface area contributed by atoms with Crippen molar-refractivity contribution in [2.75, 3.05) is 13.1 Å². The van der Waals surface area contributed by atoms with Crippen LogP contribution in [0.15, 0.2) is 0 Å². The summed E-state index contributed by atoms with van der Waals surface area (Å²) >= 11 is 0. The molecule has 2 fully saturated rings. The van der Waals surface area contributed by atoms with Gasteiger partial charge < -0.3 is 0 Å². The van der Waals surface area contributed by atoms with Crippen molar-refractivity contribution in [3.63, 3.8) is 0 Å². The molecule has 1 nitrogen and oxygen atoms in total. The van der Waals surface area contributed by atoms with Crippen molar-refractivity contribution in [1.29, 1.82) is 0 Å². The molecule has 12 heavy (non-hydrogen) atoms. The molecule has 0 amide bonds. The van der Waals surface area contributed by atoms with Gasteiger partial charge in [-0.05, 0) is 18.3 Å². The van der Waals surface area contributed by atoms with Crippen molar-refractivity contribution in [2.45, 2.75) is 44.9 Å². The summed E-state index contributed by atoms with van der Waals surface area (Å²) in [5.74, 6) is 2.02. The molecule has 0 N–H and O–H groups in total. The van der Waals surface area contributed by atoms with E-state index in [1.807, 2.05) is 0 Å². The van der Waals surface area contributed by atoms with Crippen LogP contribution in [0.2, 0.25) is 0 Å². The Bertz CT molecular complexity index is 119. The van der Waals surface area contributed by atoms with Gasteiger partial charge in [0.1, 0.15) is 0 Å². The van der Waals surface area contributed by atoms with Crippen molar-refractivity contribution in [3.05, 3.63) is 0 Å². The van der Waals surface area contributed by atoms with Crippen molar-refractivity contribution in [2.24, 2.45) is 11.8 Å². The van der Waals surface area contributed by atoms with E-state index in [0.29, 0.717) is 0 Å². The quantitative estimate of drug-likeness (QED) is 0.532. The third kappa shape index (κ3) is 2.01. The first-order valence-electron chi connectivity index (χ1n) is 5.60. The molecule has 2 rings (SSSR count). The van der Waals surface area contributed by atoms with Crippen LogP contribution in [0.4, 0.5) is 0 Å². The van der Waals surface area contributed by atoms with Crippen LogP contribution < -0.4 is 5.32 Å². The largest absolute Gasteiger partial charge is 0.241 e. The highest BCUT2D eigenvalue weighted by Crippen LogP contribution is 2.32. The van der Waals surface area contributed by atoms with Crippen LogP contribution in [-0.4, -0.2) is 13.1 Å². The molecule has 0 aromatic heterocycles. The Morgan fingerprint density at radius 1 is 0.750 bits per heavy atom. The normalized spacial score (nSPS) is 33.5. The zero-order valence-corrected chi connectivity index (χ0v) is 7.97. The molecule has 1 saturated heterocycles. The summed E-state index contributed by atoms with van der Waals surface area (Å²) in [7, 11) is 0. The van der Waals surface area contributed by atoms with Crippen LogP contribution >= 0.6 is 0 Å². The number of hydrogen-bond acceptors (Lipinski definition) is 0. The van der Waals surface area contributed by atoms with Gasteiger partial charge in [0.2, 0.25) is 0 Å². The van der Waals surface area contributed by atoms with Crippen molar-refractivity contribution < 1.29 is 0 Å². The summed E-state index contributed by atoms with van der Waals surface area (Å²) in [6.45, 7) is 2.34. The van der Waals surface area contributed by atoms with Crippen LogP contribution in [0.25, 0.3) is 0 Å². The fourth-order valence-corrected chi connectivity index (χ4v) is 2.77. The summed E-state index contributed by atoms with van der Waals surface area (Å²) < 4.78 is 0. The Labute approximate surface area is 75.9 Å². The molecular weight excluding hydrogens is 146 g/mol. The summed E-state index contributed by atoms with van der Waals surface area (Å²) in [6.07, 6.45) is 10.3. The van der Waals surface area contributed by atoms with Gasteiger partial charge in [0.05, 0.1) is 0 Å². The highest BCUT2D eigenvalue weighted by Gasteiger charge is 2.25. The second kappa shape index (κ2) is 4.27. The Morgan fingerprint density at radius 3 is 2.08 bits per heavy atom. The second-order valence-corrected chi connectivity index (χ2v) is 4.43. The Balaban J connectivity index is 1.83. The van der Waals surface area contributed by atoms with Crippen LogP contribution in [0.5, 0.6) is 0 Å². The van der Waals surface area contributed by atoms with E-state index in [9.17, 15) is 0 Å². The van der Waals surface area contributed by atoms with Gasteiger partial charge in [0.15, 0.2) is 0 Å². The first-order chi connectivity index (χ1) is 5.97. The average molecular weight is 166 g/mol. The van der Waals surface area contributed by atoms with E-state index in [4.69, 9.17) is 0 Å². The third-order valence-electron chi connectivity index (χ3n) is 3.59. The zero-order valence-electron chi connectivity index (χ0n) is 7.97. The van der Waals surface area contributed by atoms with Gasteiger partial charge in [-0.25, -0.2) is 5.32 Å². The number of hydrogen-bond donors (Lipinski definition) is 0. The van der Waals surface area contributed by atoms with Crippen LogP contribution in [-0.2, 0) is 0 Å². The minimum Gasteiger partial charge on any atom is -0.241 e. The average Bonchev–Trinajstić information content (AvgIpc) is 2.48. The third-order valence-corrected chi connectivity index (χ3v) is 3.59. The van der Waals surface area contributed by atoms with E-state index in [-0.39, 0.29) is 0 Å². The van der Waals surface area contributed by atoms with E-state index in [1.54, 1.807) is 0 Å². The summed E-state index contributed by atoms with van der Waals surface area (Å²) in [6, 6.07) is 0. The van der Waals surface area contributed by atoms with Crippen LogP contribution in [0.3, 0.4) is 0 Å². The van der Waals surface area contributed by atoms with E-state index >= 15 is 0 Å². The highest BCUT2D eigenvalue weighted by molar-refractivity contribution is 4.79. The van der Waals surface area contributed by atoms with Gasteiger partial charge >= 0.3 is 0 Å². The molecule has 2 aliphatic rings. The molecule has 0 bridgehead atoms. The summed E-state index contributed by atoms with van der Waals surface area (Å²) in [4.78, 5) is 0. The molecule has 69 valence electrons. The van der Waals surface area contributed by atoms with Crippen molar-refractivity contribution in [3.8, 4) is 0 Å². The van der Waals surface area contributed by atoms with Crippen LogP contribution in [0, 0.1) is 11.8 Å². The van der Waals surface area contributed by atoms with Gasteiger partial charge in [-0.2, -0.15) is 0 Å². The van der Waals surface area contributed by atoms with Gasteiger partial charge in [-0.1, -0.05) is 38.5 Å². The maximum absolute atomic E-state index is 4.47. The fourth-order valence-electron chi connectivity index (χ4n) is 2.77.